The lowest BCUT2D eigenvalue weighted by atomic mass is 9.90. The molecule has 18 heavy (non-hydrogen) atoms. The van der Waals surface area contributed by atoms with E-state index < -0.39 is 0 Å². The van der Waals surface area contributed by atoms with Crippen LogP contribution in [-0.4, -0.2) is 29.6 Å². The van der Waals surface area contributed by atoms with E-state index in [1.807, 2.05) is 0 Å². The fourth-order valence-electron chi connectivity index (χ4n) is 3.06. The first kappa shape index (κ1) is 13.6. The highest BCUT2D eigenvalue weighted by Crippen LogP contribution is 2.28. The first-order valence-corrected chi connectivity index (χ1v) is 6.95. The minimum absolute atomic E-state index is 0.365. The SMILES string of the molecule is Cc1cc(C)c(C(O)CN(C)C2CCC2)c(C)c1. The predicted octanol–water partition coefficient (Wildman–Crippen LogP) is 3.13. The minimum atomic E-state index is -0.365. The fraction of sp³-hybridized carbons (Fsp3) is 0.625. The van der Waals surface area contributed by atoms with Gasteiger partial charge < -0.3 is 10.0 Å². The van der Waals surface area contributed by atoms with E-state index >= 15 is 0 Å². The first-order chi connectivity index (χ1) is 8.49. The Morgan fingerprint density at radius 3 is 2.22 bits per heavy atom. The number of rotatable bonds is 4. The topological polar surface area (TPSA) is 23.5 Å². The summed E-state index contributed by atoms with van der Waals surface area (Å²) >= 11 is 0. The van der Waals surface area contributed by atoms with E-state index in [0.29, 0.717) is 6.04 Å². The molecule has 0 spiro atoms. The molecule has 0 heterocycles. The number of benzene rings is 1. The first-order valence-electron chi connectivity index (χ1n) is 6.95. The molecule has 100 valence electrons. The van der Waals surface area contributed by atoms with Gasteiger partial charge in [0.2, 0.25) is 0 Å². The highest BCUT2D eigenvalue weighted by Gasteiger charge is 2.24. The summed E-state index contributed by atoms with van der Waals surface area (Å²) in [4.78, 5) is 2.31. The van der Waals surface area contributed by atoms with Crippen molar-refractivity contribution >= 4 is 0 Å². The molecular formula is C16H25NO. The van der Waals surface area contributed by atoms with Crippen LogP contribution in [0.25, 0.3) is 0 Å². The van der Waals surface area contributed by atoms with Crippen molar-refractivity contribution in [2.45, 2.75) is 52.2 Å². The summed E-state index contributed by atoms with van der Waals surface area (Å²) in [6.07, 6.45) is 3.55. The normalized spacial score (nSPS) is 17.9. The van der Waals surface area contributed by atoms with E-state index in [0.717, 1.165) is 12.1 Å². The Morgan fingerprint density at radius 1 is 1.22 bits per heavy atom. The van der Waals surface area contributed by atoms with E-state index in [-0.39, 0.29) is 6.10 Å². The number of aliphatic hydroxyl groups excluding tert-OH is 1. The van der Waals surface area contributed by atoms with Crippen LogP contribution in [0.5, 0.6) is 0 Å². The van der Waals surface area contributed by atoms with E-state index in [4.69, 9.17) is 0 Å². The molecule has 1 saturated carbocycles. The standard InChI is InChI=1S/C16H25NO/c1-11-8-12(2)16(13(3)9-11)15(18)10-17(4)14-6-5-7-14/h8-9,14-15,18H,5-7,10H2,1-4H3. The molecular weight excluding hydrogens is 222 g/mol. The van der Waals surface area contributed by atoms with Gasteiger partial charge in [0.1, 0.15) is 0 Å². The molecule has 1 aromatic carbocycles. The highest BCUT2D eigenvalue weighted by atomic mass is 16.3. The lowest BCUT2D eigenvalue weighted by Gasteiger charge is -2.36. The van der Waals surface area contributed by atoms with Crippen molar-refractivity contribution in [2.24, 2.45) is 0 Å². The summed E-state index contributed by atoms with van der Waals surface area (Å²) in [5.41, 5.74) is 4.81. The molecule has 2 heteroatoms. The lowest BCUT2D eigenvalue weighted by molar-refractivity contribution is 0.0770. The van der Waals surface area contributed by atoms with E-state index in [1.54, 1.807) is 0 Å². The number of aryl methyl sites for hydroxylation is 3. The van der Waals surface area contributed by atoms with Crippen molar-refractivity contribution in [3.05, 3.63) is 34.4 Å². The summed E-state index contributed by atoms with van der Waals surface area (Å²) < 4.78 is 0. The molecule has 1 aromatic rings. The van der Waals surface area contributed by atoms with Crippen molar-refractivity contribution in [2.75, 3.05) is 13.6 Å². The fourth-order valence-corrected chi connectivity index (χ4v) is 3.06. The van der Waals surface area contributed by atoms with Crippen LogP contribution in [-0.2, 0) is 0 Å². The Balaban J connectivity index is 2.10. The molecule has 1 aliphatic rings. The molecule has 1 atom stereocenters. The number of hydrogen-bond acceptors (Lipinski definition) is 2. The maximum Gasteiger partial charge on any atom is 0.0922 e. The van der Waals surface area contributed by atoms with Crippen LogP contribution in [0, 0.1) is 20.8 Å². The molecule has 0 aromatic heterocycles. The maximum absolute atomic E-state index is 10.5. The summed E-state index contributed by atoms with van der Waals surface area (Å²) in [7, 11) is 2.13. The zero-order valence-corrected chi connectivity index (χ0v) is 12.0. The van der Waals surface area contributed by atoms with Crippen molar-refractivity contribution in [1.82, 2.24) is 4.90 Å². The number of aliphatic hydroxyl groups is 1. The largest absolute Gasteiger partial charge is 0.387 e. The summed E-state index contributed by atoms with van der Waals surface area (Å²) in [6, 6.07) is 5.01. The Bertz CT molecular complexity index is 400. The third-order valence-electron chi connectivity index (χ3n) is 4.23. The van der Waals surface area contributed by atoms with Crippen molar-refractivity contribution in [3.8, 4) is 0 Å². The lowest BCUT2D eigenvalue weighted by Crippen LogP contribution is -2.39. The van der Waals surface area contributed by atoms with Crippen LogP contribution in [0.2, 0.25) is 0 Å². The van der Waals surface area contributed by atoms with Gasteiger partial charge in [0.15, 0.2) is 0 Å². The Morgan fingerprint density at radius 2 is 1.78 bits per heavy atom. The van der Waals surface area contributed by atoms with E-state index in [1.165, 1.54) is 36.0 Å². The zero-order chi connectivity index (χ0) is 13.3. The molecule has 0 saturated heterocycles. The van der Waals surface area contributed by atoms with Crippen LogP contribution in [0.15, 0.2) is 12.1 Å². The third kappa shape index (κ3) is 2.76. The van der Waals surface area contributed by atoms with Crippen LogP contribution in [0.4, 0.5) is 0 Å². The monoisotopic (exact) mass is 247 g/mol. The molecule has 0 aliphatic heterocycles. The van der Waals surface area contributed by atoms with Gasteiger partial charge in [-0.25, -0.2) is 0 Å². The predicted molar refractivity (Wildman–Crippen MR) is 75.9 cm³/mol. The number of hydrogen-bond donors (Lipinski definition) is 1. The summed E-state index contributed by atoms with van der Waals surface area (Å²) in [5, 5.41) is 10.5. The second-order valence-electron chi connectivity index (χ2n) is 5.85. The van der Waals surface area contributed by atoms with Crippen LogP contribution < -0.4 is 0 Å². The molecule has 0 bridgehead atoms. The van der Waals surface area contributed by atoms with Crippen molar-refractivity contribution in [3.63, 3.8) is 0 Å². The average Bonchev–Trinajstić information content (AvgIpc) is 2.11. The second-order valence-corrected chi connectivity index (χ2v) is 5.85. The Kier molecular flexibility index (Phi) is 4.08. The zero-order valence-electron chi connectivity index (χ0n) is 12.0. The number of nitrogens with zero attached hydrogens (tertiary/aromatic N) is 1. The second kappa shape index (κ2) is 5.41. The number of likely N-dealkylation sites (N-methyl/N-ethyl adjacent to an activating group) is 1. The smallest absolute Gasteiger partial charge is 0.0922 e. The van der Waals surface area contributed by atoms with Crippen molar-refractivity contribution < 1.29 is 5.11 Å². The maximum atomic E-state index is 10.5. The molecule has 2 rings (SSSR count). The van der Waals surface area contributed by atoms with Gasteiger partial charge in [0, 0.05) is 12.6 Å². The van der Waals surface area contributed by atoms with Gasteiger partial charge in [0.25, 0.3) is 0 Å². The Hall–Kier alpha value is -0.860. The molecule has 0 radical (unpaired) electrons. The quantitative estimate of drug-likeness (QED) is 0.883. The van der Waals surface area contributed by atoms with Gasteiger partial charge in [-0.3, -0.25) is 0 Å². The van der Waals surface area contributed by atoms with Gasteiger partial charge in [-0.15, -0.1) is 0 Å². The molecule has 1 N–H and O–H groups in total. The molecule has 2 nitrogen and oxygen atoms in total. The molecule has 0 amide bonds. The van der Waals surface area contributed by atoms with Gasteiger partial charge in [0.05, 0.1) is 6.10 Å². The minimum Gasteiger partial charge on any atom is -0.387 e. The molecule has 1 fully saturated rings. The average molecular weight is 247 g/mol. The van der Waals surface area contributed by atoms with Crippen LogP contribution in [0.3, 0.4) is 0 Å². The van der Waals surface area contributed by atoms with Gasteiger partial charge >= 0.3 is 0 Å². The van der Waals surface area contributed by atoms with Gasteiger partial charge in [-0.1, -0.05) is 24.1 Å². The molecule has 1 aliphatic carbocycles. The van der Waals surface area contributed by atoms with Crippen LogP contribution >= 0.6 is 0 Å². The molecule has 1 unspecified atom stereocenters. The Labute approximate surface area is 111 Å². The van der Waals surface area contributed by atoms with Gasteiger partial charge in [-0.05, 0) is 57.4 Å². The summed E-state index contributed by atoms with van der Waals surface area (Å²) in [6.45, 7) is 7.05. The third-order valence-corrected chi connectivity index (χ3v) is 4.23. The highest BCUT2D eigenvalue weighted by molar-refractivity contribution is 5.39. The van der Waals surface area contributed by atoms with E-state index in [9.17, 15) is 5.11 Å². The van der Waals surface area contributed by atoms with Gasteiger partial charge in [-0.2, -0.15) is 0 Å². The van der Waals surface area contributed by atoms with Crippen LogP contribution in [0.1, 0.15) is 47.6 Å². The summed E-state index contributed by atoms with van der Waals surface area (Å²) in [5.74, 6) is 0. The van der Waals surface area contributed by atoms with Crippen molar-refractivity contribution in [1.29, 1.82) is 0 Å². The van der Waals surface area contributed by atoms with E-state index in [2.05, 4.69) is 44.9 Å².